The van der Waals surface area contributed by atoms with Crippen LogP contribution in [0.3, 0.4) is 0 Å². The molecule has 104 valence electrons. The van der Waals surface area contributed by atoms with E-state index in [2.05, 4.69) is 31.9 Å². The summed E-state index contributed by atoms with van der Waals surface area (Å²) in [5, 5.41) is 8.98. The van der Waals surface area contributed by atoms with E-state index in [9.17, 15) is 4.79 Å². The topological polar surface area (TPSA) is 40.5 Å². The van der Waals surface area contributed by atoms with Gasteiger partial charge in [0.2, 0.25) is 0 Å². The van der Waals surface area contributed by atoms with Crippen LogP contribution in [0.1, 0.15) is 36.0 Å². The Morgan fingerprint density at radius 3 is 2.68 bits per heavy atom. The van der Waals surface area contributed by atoms with Gasteiger partial charge in [-0.1, -0.05) is 15.9 Å². The fraction of sp³-hybridized carbons (Fsp3) is 0.500. The molecule has 0 aromatic heterocycles. The quantitative estimate of drug-likeness (QED) is 0.834. The van der Waals surface area contributed by atoms with Gasteiger partial charge >= 0.3 is 0 Å². The lowest BCUT2D eigenvalue weighted by molar-refractivity contribution is 0.0561. The summed E-state index contributed by atoms with van der Waals surface area (Å²) in [6.45, 7) is 0.745. The molecule has 1 fully saturated rings. The zero-order chi connectivity index (χ0) is 13.8. The van der Waals surface area contributed by atoms with E-state index in [0.717, 1.165) is 21.8 Å². The number of carbonyl (C=O) groups is 1. The molecule has 1 aliphatic rings. The van der Waals surface area contributed by atoms with Crippen LogP contribution in [-0.4, -0.2) is 35.1 Å². The van der Waals surface area contributed by atoms with Gasteiger partial charge in [-0.3, -0.25) is 4.79 Å². The molecule has 0 heterocycles. The number of amides is 1. The normalized spacial score (nSPS) is 15.1. The molecule has 19 heavy (non-hydrogen) atoms. The standard InChI is InChI=1S/C14H17Br2NO2/c15-10-5-6-13(16)12(9-10)14(19)17(7-2-8-18)11-3-1-4-11/h5-6,9,11,18H,1-4,7-8H2. The molecular weight excluding hydrogens is 374 g/mol. The molecule has 1 aromatic rings. The molecule has 1 amide bonds. The number of halogens is 2. The Morgan fingerprint density at radius 1 is 1.37 bits per heavy atom. The first-order valence-electron chi connectivity index (χ1n) is 6.50. The Balaban J connectivity index is 2.19. The van der Waals surface area contributed by atoms with E-state index >= 15 is 0 Å². The lowest BCUT2D eigenvalue weighted by atomic mass is 9.90. The van der Waals surface area contributed by atoms with Crippen molar-refractivity contribution in [3.63, 3.8) is 0 Å². The first-order chi connectivity index (χ1) is 9.13. The Kier molecular flexibility index (Phi) is 5.42. The fourth-order valence-corrected chi connectivity index (χ4v) is 2.98. The van der Waals surface area contributed by atoms with E-state index in [-0.39, 0.29) is 12.5 Å². The van der Waals surface area contributed by atoms with Gasteiger partial charge in [0, 0.05) is 28.1 Å². The maximum Gasteiger partial charge on any atom is 0.255 e. The highest BCUT2D eigenvalue weighted by Gasteiger charge is 2.29. The number of benzene rings is 1. The van der Waals surface area contributed by atoms with Crippen molar-refractivity contribution >= 4 is 37.8 Å². The summed E-state index contributed by atoms with van der Waals surface area (Å²) in [6.07, 6.45) is 3.96. The van der Waals surface area contributed by atoms with Crippen LogP contribution in [0, 0.1) is 0 Å². The zero-order valence-electron chi connectivity index (χ0n) is 10.6. The summed E-state index contributed by atoms with van der Waals surface area (Å²) >= 11 is 6.84. The van der Waals surface area contributed by atoms with Crippen molar-refractivity contribution in [2.24, 2.45) is 0 Å². The number of nitrogens with zero attached hydrogens (tertiary/aromatic N) is 1. The molecule has 0 bridgehead atoms. The largest absolute Gasteiger partial charge is 0.396 e. The van der Waals surface area contributed by atoms with E-state index in [1.807, 2.05) is 23.1 Å². The van der Waals surface area contributed by atoms with Crippen molar-refractivity contribution in [2.75, 3.05) is 13.2 Å². The lowest BCUT2D eigenvalue weighted by Gasteiger charge is -2.37. The van der Waals surface area contributed by atoms with Crippen molar-refractivity contribution in [1.29, 1.82) is 0 Å². The van der Waals surface area contributed by atoms with Gasteiger partial charge in [0.25, 0.3) is 5.91 Å². The number of aliphatic hydroxyl groups is 1. The highest BCUT2D eigenvalue weighted by atomic mass is 79.9. The summed E-state index contributed by atoms with van der Waals surface area (Å²) in [6, 6.07) is 5.96. The highest BCUT2D eigenvalue weighted by Crippen LogP contribution is 2.29. The second-order valence-electron chi connectivity index (χ2n) is 4.78. The van der Waals surface area contributed by atoms with Crippen LogP contribution in [0.4, 0.5) is 0 Å². The summed E-state index contributed by atoms with van der Waals surface area (Å²) in [4.78, 5) is 14.6. The van der Waals surface area contributed by atoms with Crippen LogP contribution in [-0.2, 0) is 0 Å². The molecule has 2 rings (SSSR count). The number of hydrogen-bond acceptors (Lipinski definition) is 2. The molecule has 5 heteroatoms. The average Bonchev–Trinajstić information content (AvgIpc) is 2.34. The van der Waals surface area contributed by atoms with Gasteiger partial charge in [-0.05, 0) is 59.8 Å². The Labute approximate surface area is 130 Å². The van der Waals surface area contributed by atoms with Gasteiger partial charge in [-0.25, -0.2) is 0 Å². The van der Waals surface area contributed by atoms with E-state index in [1.165, 1.54) is 6.42 Å². The molecule has 3 nitrogen and oxygen atoms in total. The van der Waals surface area contributed by atoms with Gasteiger partial charge in [0.15, 0.2) is 0 Å². The van der Waals surface area contributed by atoms with Crippen LogP contribution in [0.5, 0.6) is 0 Å². The predicted molar refractivity (Wildman–Crippen MR) is 82.2 cm³/mol. The minimum Gasteiger partial charge on any atom is -0.396 e. The van der Waals surface area contributed by atoms with Crippen LogP contribution < -0.4 is 0 Å². The van der Waals surface area contributed by atoms with Gasteiger partial charge in [0.1, 0.15) is 0 Å². The smallest absolute Gasteiger partial charge is 0.255 e. The first kappa shape index (κ1) is 15.0. The Morgan fingerprint density at radius 2 is 2.11 bits per heavy atom. The third-order valence-electron chi connectivity index (χ3n) is 3.49. The molecule has 1 aliphatic carbocycles. The third kappa shape index (κ3) is 3.58. The minimum atomic E-state index is 0.0475. The molecule has 0 unspecified atom stereocenters. The molecule has 1 aromatic carbocycles. The monoisotopic (exact) mass is 389 g/mol. The average molecular weight is 391 g/mol. The van der Waals surface area contributed by atoms with Crippen molar-refractivity contribution in [3.05, 3.63) is 32.7 Å². The van der Waals surface area contributed by atoms with E-state index in [0.29, 0.717) is 24.6 Å². The van der Waals surface area contributed by atoms with Crippen LogP contribution in [0.25, 0.3) is 0 Å². The van der Waals surface area contributed by atoms with Crippen molar-refractivity contribution < 1.29 is 9.90 Å². The summed E-state index contributed by atoms with van der Waals surface area (Å²) in [5.74, 6) is 0.0475. The number of aliphatic hydroxyl groups excluding tert-OH is 1. The molecule has 0 radical (unpaired) electrons. The highest BCUT2D eigenvalue weighted by molar-refractivity contribution is 9.11. The molecule has 0 atom stereocenters. The molecule has 1 N–H and O–H groups in total. The summed E-state index contributed by atoms with van der Waals surface area (Å²) in [5.41, 5.74) is 0.680. The summed E-state index contributed by atoms with van der Waals surface area (Å²) in [7, 11) is 0. The maximum atomic E-state index is 12.7. The molecule has 1 saturated carbocycles. The van der Waals surface area contributed by atoms with E-state index < -0.39 is 0 Å². The zero-order valence-corrected chi connectivity index (χ0v) is 13.8. The van der Waals surface area contributed by atoms with Crippen LogP contribution >= 0.6 is 31.9 Å². The Bertz CT molecular complexity index is 461. The fourth-order valence-electron chi connectivity index (χ4n) is 2.21. The first-order valence-corrected chi connectivity index (χ1v) is 8.09. The summed E-state index contributed by atoms with van der Waals surface area (Å²) < 4.78 is 1.71. The molecular formula is C14H17Br2NO2. The molecule has 0 saturated heterocycles. The SMILES string of the molecule is O=C(c1cc(Br)ccc1Br)N(CCCO)C1CCC1. The van der Waals surface area contributed by atoms with Gasteiger partial charge in [-0.15, -0.1) is 0 Å². The van der Waals surface area contributed by atoms with Crippen molar-refractivity contribution in [2.45, 2.75) is 31.7 Å². The van der Waals surface area contributed by atoms with E-state index in [4.69, 9.17) is 5.11 Å². The van der Waals surface area contributed by atoms with Gasteiger partial charge in [0.05, 0.1) is 5.56 Å². The Hall–Kier alpha value is -0.390. The van der Waals surface area contributed by atoms with Crippen molar-refractivity contribution in [3.8, 4) is 0 Å². The maximum absolute atomic E-state index is 12.7. The van der Waals surface area contributed by atoms with Crippen LogP contribution in [0.2, 0.25) is 0 Å². The van der Waals surface area contributed by atoms with Gasteiger partial charge < -0.3 is 10.0 Å². The second kappa shape index (κ2) is 6.86. The molecule has 0 spiro atoms. The number of hydrogen-bond donors (Lipinski definition) is 1. The van der Waals surface area contributed by atoms with Gasteiger partial charge in [-0.2, -0.15) is 0 Å². The van der Waals surface area contributed by atoms with E-state index in [1.54, 1.807) is 0 Å². The van der Waals surface area contributed by atoms with Crippen molar-refractivity contribution in [1.82, 2.24) is 4.90 Å². The predicted octanol–water partition coefficient (Wildman–Crippen LogP) is 3.59. The number of carbonyl (C=O) groups excluding carboxylic acids is 1. The molecule has 0 aliphatic heterocycles. The van der Waals surface area contributed by atoms with Crippen LogP contribution in [0.15, 0.2) is 27.1 Å². The minimum absolute atomic E-state index is 0.0475. The third-order valence-corrected chi connectivity index (χ3v) is 4.68. The lowest BCUT2D eigenvalue weighted by Crippen LogP contribution is -2.45. The number of rotatable bonds is 5. The second-order valence-corrected chi connectivity index (χ2v) is 6.55.